The van der Waals surface area contributed by atoms with Gasteiger partial charge in [-0.3, -0.25) is 0 Å². The molecular formula is C9H22N2. The summed E-state index contributed by atoms with van der Waals surface area (Å²) < 4.78 is 0. The SMILES string of the molecule is CCNCC(C)(C)CCNC. The molecule has 0 fully saturated rings. The molecule has 0 aliphatic carbocycles. The fourth-order valence-corrected chi connectivity index (χ4v) is 1.02. The van der Waals surface area contributed by atoms with E-state index in [4.69, 9.17) is 0 Å². The predicted octanol–water partition coefficient (Wildman–Crippen LogP) is 1.23. The predicted molar refractivity (Wildman–Crippen MR) is 50.9 cm³/mol. The number of hydrogen-bond acceptors (Lipinski definition) is 2. The Bertz CT molecular complexity index is 79.6. The smallest absolute Gasteiger partial charge is 0.000288 e. The topological polar surface area (TPSA) is 24.1 Å². The third-order valence-electron chi connectivity index (χ3n) is 1.91. The van der Waals surface area contributed by atoms with Crippen molar-refractivity contribution in [2.45, 2.75) is 27.2 Å². The maximum atomic E-state index is 3.37. The molecule has 0 atom stereocenters. The van der Waals surface area contributed by atoms with Crippen molar-refractivity contribution in [2.24, 2.45) is 5.41 Å². The summed E-state index contributed by atoms with van der Waals surface area (Å²) in [5.41, 5.74) is 0.430. The molecule has 0 saturated heterocycles. The van der Waals surface area contributed by atoms with Gasteiger partial charge in [0.05, 0.1) is 0 Å². The van der Waals surface area contributed by atoms with Crippen LogP contribution in [0.1, 0.15) is 27.2 Å². The van der Waals surface area contributed by atoms with Gasteiger partial charge in [0.2, 0.25) is 0 Å². The molecule has 0 saturated carbocycles. The first-order valence-electron chi connectivity index (χ1n) is 4.47. The zero-order valence-electron chi connectivity index (χ0n) is 8.33. The van der Waals surface area contributed by atoms with Gasteiger partial charge < -0.3 is 10.6 Å². The normalized spacial score (nSPS) is 12.0. The zero-order chi connectivity index (χ0) is 8.74. The first-order valence-corrected chi connectivity index (χ1v) is 4.47. The van der Waals surface area contributed by atoms with E-state index in [9.17, 15) is 0 Å². The maximum Gasteiger partial charge on any atom is 0.000288 e. The van der Waals surface area contributed by atoms with Crippen LogP contribution in [-0.4, -0.2) is 26.7 Å². The van der Waals surface area contributed by atoms with E-state index in [2.05, 4.69) is 31.4 Å². The summed E-state index contributed by atoms with van der Waals surface area (Å²) in [5, 5.41) is 6.54. The molecule has 0 aromatic carbocycles. The molecule has 0 amide bonds. The van der Waals surface area contributed by atoms with Crippen molar-refractivity contribution in [2.75, 3.05) is 26.7 Å². The van der Waals surface area contributed by atoms with E-state index in [1.165, 1.54) is 6.42 Å². The third kappa shape index (κ3) is 6.32. The van der Waals surface area contributed by atoms with E-state index in [0.29, 0.717) is 5.41 Å². The van der Waals surface area contributed by atoms with Gasteiger partial charge in [0.15, 0.2) is 0 Å². The van der Waals surface area contributed by atoms with Crippen molar-refractivity contribution in [1.82, 2.24) is 10.6 Å². The molecule has 0 aliphatic rings. The van der Waals surface area contributed by atoms with E-state index in [0.717, 1.165) is 19.6 Å². The van der Waals surface area contributed by atoms with Gasteiger partial charge in [-0.25, -0.2) is 0 Å². The molecule has 0 aliphatic heterocycles. The summed E-state index contributed by atoms with van der Waals surface area (Å²) in [6, 6.07) is 0. The lowest BCUT2D eigenvalue weighted by Crippen LogP contribution is -2.31. The maximum absolute atomic E-state index is 3.37. The van der Waals surface area contributed by atoms with Crippen LogP contribution in [0.3, 0.4) is 0 Å². The van der Waals surface area contributed by atoms with Crippen LogP contribution in [0.15, 0.2) is 0 Å². The standard InChI is InChI=1S/C9H22N2/c1-5-11-8-9(2,3)6-7-10-4/h10-11H,5-8H2,1-4H3. The van der Waals surface area contributed by atoms with Gasteiger partial charge in [0.25, 0.3) is 0 Å². The van der Waals surface area contributed by atoms with Crippen molar-refractivity contribution < 1.29 is 0 Å². The average molecular weight is 158 g/mol. The minimum Gasteiger partial charge on any atom is -0.320 e. The summed E-state index contributed by atoms with van der Waals surface area (Å²) in [5.74, 6) is 0. The lowest BCUT2D eigenvalue weighted by atomic mass is 9.89. The molecule has 0 unspecified atom stereocenters. The minimum atomic E-state index is 0.430. The second-order valence-corrected chi connectivity index (χ2v) is 3.80. The summed E-state index contributed by atoms with van der Waals surface area (Å²) in [6.07, 6.45) is 1.23. The third-order valence-corrected chi connectivity index (χ3v) is 1.91. The molecule has 11 heavy (non-hydrogen) atoms. The van der Waals surface area contributed by atoms with Gasteiger partial charge >= 0.3 is 0 Å². The van der Waals surface area contributed by atoms with Crippen molar-refractivity contribution in [3.8, 4) is 0 Å². The van der Waals surface area contributed by atoms with Crippen molar-refractivity contribution >= 4 is 0 Å². The van der Waals surface area contributed by atoms with Gasteiger partial charge in [0.1, 0.15) is 0 Å². The van der Waals surface area contributed by atoms with Crippen LogP contribution in [0.2, 0.25) is 0 Å². The highest BCUT2D eigenvalue weighted by Crippen LogP contribution is 2.17. The molecule has 68 valence electrons. The molecule has 0 heterocycles. The van der Waals surface area contributed by atoms with E-state index in [-0.39, 0.29) is 0 Å². The second kappa shape index (κ2) is 5.56. The Morgan fingerprint density at radius 2 is 1.91 bits per heavy atom. The Kier molecular flexibility index (Phi) is 5.51. The molecule has 2 N–H and O–H groups in total. The Labute approximate surface area is 70.8 Å². The lowest BCUT2D eigenvalue weighted by molar-refractivity contribution is 0.315. The largest absolute Gasteiger partial charge is 0.320 e. The second-order valence-electron chi connectivity index (χ2n) is 3.80. The molecule has 2 heteroatoms. The fraction of sp³-hybridized carbons (Fsp3) is 1.00. The molecule has 2 nitrogen and oxygen atoms in total. The first kappa shape index (κ1) is 10.9. The first-order chi connectivity index (χ1) is 5.12. The molecule has 0 aromatic rings. The summed E-state index contributed by atoms with van der Waals surface area (Å²) in [6.45, 7) is 10.0. The van der Waals surface area contributed by atoms with Gasteiger partial charge in [-0.15, -0.1) is 0 Å². The average Bonchev–Trinajstić information content (AvgIpc) is 1.97. The van der Waals surface area contributed by atoms with Gasteiger partial charge in [-0.05, 0) is 32.0 Å². The van der Waals surface area contributed by atoms with E-state index in [1.54, 1.807) is 0 Å². The Hall–Kier alpha value is -0.0800. The van der Waals surface area contributed by atoms with Crippen LogP contribution in [0.25, 0.3) is 0 Å². The zero-order valence-corrected chi connectivity index (χ0v) is 8.33. The van der Waals surface area contributed by atoms with Crippen LogP contribution < -0.4 is 10.6 Å². The number of nitrogens with one attached hydrogen (secondary N) is 2. The van der Waals surface area contributed by atoms with Crippen LogP contribution in [0.4, 0.5) is 0 Å². The van der Waals surface area contributed by atoms with Crippen LogP contribution in [0.5, 0.6) is 0 Å². The Morgan fingerprint density at radius 3 is 2.36 bits per heavy atom. The van der Waals surface area contributed by atoms with Gasteiger partial charge in [0, 0.05) is 6.54 Å². The Balaban J connectivity index is 3.43. The highest BCUT2D eigenvalue weighted by Gasteiger charge is 2.15. The Morgan fingerprint density at radius 1 is 1.27 bits per heavy atom. The highest BCUT2D eigenvalue weighted by molar-refractivity contribution is 4.71. The van der Waals surface area contributed by atoms with E-state index < -0.39 is 0 Å². The van der Waals surface area contributed by atoms with E-state index in [1.807, 2.05) is 7.05 Å². The van der Waals surface area contributed by atoms with Crippen molar-refractivity contribution in [3.05, 3.63) is 0 Å². The molecule has 0 radical (unpaired) electrons. The molecule has 0 bridgehead atoms. The van der Waals surface area contributed by atoms with Crippen molar-refractivity contribution in [3.63, 3.8) is 0 Å². The van der Waals surface area contributed by atoms with Gasteiger partial charge in [-0.1, -0.05) is 20.8 Å². The molecule has 0 spiro atoms. The number of rotatable bonds is 6. The highest BCUT2D eigenvalue weighted by atomic mass is 14.9. The summed E-state index contributed by atoms with van der Waals surface area (Å²) in [4.78, 5) is 0. The fourth-order valence-electron chi connectivity index (χ4n) is 1.02. The van der Waals surface area contributed by atoms with E-state index >= 15 is 0 Å². The van der Waals surface area contributed by atoms with Crippen LogP contribution in [0, 0.1) is 5.41 Å². The molecule has 0 aromatic heterocycles. The summed E-state index contributed by atoms with van der Waals surface area (Å²) >= 11 is 0. The van der Waals surface area contributed by atoms with Crippen LogP contribution in [-0.2, 0) is 0 Å². The molecular weight excluding hydrogens is 136 g/mol. The van der Waals surface area contributed by atoms with Gasteiger partial charge in [-0.2, -0.15) is 0 Å². The lowest BCUT2D eigenvalue weighted by Gasteiger charge is -2.24. The number of hydrogen-bond donors (Lipinski definition) is 2. The summed E-state index contributed by atoms with van der Waals surface area (Å²) in [7, 11) is 2.00. The van der Waals surface area contributed by atoms with Crippen LogP contribution >= 0.6 is 0 Å². The minimum absolute atomic E-state index is 0.430. The monoisotopic (exact) mass is 158 g/mol. The molecule has 0 rings (SSSR count). The van der Waals surface area contributed by atoms with Crippen molar-refractivity contribution in [1.29, 1.82) is 0 Å². The quantitative estimate of drug-likeness (QED) is 0.607.